The maximum absolute atomic E-state index is 8.42. The third-order valence-electron chi connectivity index (χ3n) is 1.11. The van der Waals surface area contributed by atoms with Gasteiger partial charge in [0.25, 0.3) is 6.01 Å². The van der Waals surface area contributed by atoms with Gasteiger partial charge in [-0.1, -0.05) is 0 Å². The first kappa shape index (κ1) is 6.62. The van der Waals surface area contributed by atoms with Gasteiger partial charge in [0, 0.05) is 7.05 Å². The number of hydrogen-bond donors (Lipinski definition) is 1. The molecule has 1 aromatic heterocycles. The van der Waals surface area contributed by atoms with Crippen LogP contribution >= 0.6 is 0 Å². The highest BCUT2D eigenvalue weighted by atomic mass is 16.4. The fraction of sp³-hybridized carbons (Fsp3) is 0.333. The van der Waals surface area contributed by atoms with Gasteiger partial charge >= 0.3 is 0 Å². The Kier molecular flexibility index (Phi) is 1.59. The van der Waals surface area contributed by atoms with Gasteiger partial charge in [-0.25, -0.2) is 0 Å². The summed E-state index contributed by atoms with van der Waals surface area (Å²) in [4.78, 5) is 3.90. The van der Waals surface area contributed by atoms with Crippen molar-refractivity contribution in [3.63, 3.8) is 0 Å². The van der Waals surface area contributed by atoms with Crippen LogP contribution in [0.2, 0.25) is 0 Å². The van der Waals surface area contributed by atoms with Gasteiger partial charge in [0.2, 0.25) is 5.76 Å². The molecule has 1 heterocycles. The van der Waals surface area contributed by atoms with Crippen LogP contribution in [0.15, 0.2) is 4.42 Å². The van der Waals surface area contributed by atoms with Gasteiger partial charge in [-0.2, -0.15) is 10.2 Å². The maximum atomic E-state index is 8.42. The number of aromatic nitrogens is 1. The third kappa shape index (κ3) is 0.935. The number of aryl methyl sites for hydroxylation is 1. The molecule has 0 saturated heterocycles. The molecule has 1 N–H and O–H groups in total. The molecular formula is C6H7N3O. The van der Waals surface area contributed by atoms with Crippen LogP contribution in [-0.2, 0) is 0 Å². The predicted molar refractivity (Wildman–Crippen MR) is 35.5 cm³/mol. The lowest BCUT2D eigenvalue weighted by atomic mass is 10.4. The molecule has 0 fully saturated rings. The molecule has 4 nitrogen and oxygen atoms in total. The zero-order valence-corrected chi connectivity index (χ0v) is 5.80. The van der Waals surface area contributed by atoms with Crippen molar-refractivity contribution < 1.29 is 4.42 Å². The minimum atomic E-state index is 0.268. The predicted octanol–water partition coefficient (Wildman–Crippen LogP) is 0.896. The van der Waals surface area contributed by atoms with Crippen molar-refractivity contribution in [2.45, 2.75) is 6.92 Å². The second-order valence-corrected chi connectivity index (χ2v) is 1.80. The Morgan fingerprint density at radius 2 is 2.40 bits per heavy atom. The molecule has 0 amide bonds. The van der Waals surface area contributed by atoms with Gasteiger partial charge in [0.05, 0.1) is 5.69 Å². The summed E-state index contributed by atoms with van der Waals surface area (Å²) in [6.07, 6.45) is 0. The highest BCUT2D eigenvalue weighted by Crippen LogP contribution is 2.11. The number of anilines is 1. The van der Waals surface area contributed by atoms with Crippen LogP contribution in [0.4, 0.5) is 6.01 Å². The minimum Gasteiger partial charge on any atom is -0.412 e. The van der Waals surface area contributed by atoms with E-state index in [0.29, 0.717) is 11.7 Å². The molecule has 1 aromatic rings. The van der Waals surface area contributed by atoms with E-state index in [1.807, 2.05) is 6.07 Å². The highest BCUT2D eigenvalue weighted by molar-refractivity contribution is 5.30. The SMILES string of the molecule is CNc1nc(C)c(C#N)o1. The van der Waals surface area contributed by atoms with E-state index in [-0.39, 0.29) is 5.76 Å². The van der Waals surface area contributed by atoms with E-state index in [4.69, 9.17) is 9.68 Å². The van der Waals surface area contributed by atoms with E-state index in [9.17, 15) is 0 Å². The maximum Gasteiger partial charge on any atom is 0.295 e. The average Bonchev–Trinajstić information content (AvgIpc) is 2.30. The molecular weight excluding hydrogens is 130 g/mol. The number of oxazole rings is 1. The standard InChI is InChI=1S/C6H7N3O/c1-4-5(3-7)10-6(8-2)9-4/h1-2H3,(H,8,9). The van der Waals surface area contributed by atoms with Crippen LogP contribution in [0.5, 0.6) is 0 Å². The summed E-state index contributed by atoms with van der Waals surface area (Å²) in [5, 5.41) is 11.1. The zero-order valence-electron chi connectivity index (χ0n) is 5.80. The molecule has 0 aliphatic rings. The van der Waals surface area contributed by atoms with E-state index >= 15 is 0 Å². The Bertz CT molecular complexity index is 271. The molecule has 4 heteroatoms. The second kappa shape index (κ2) is 2.40. The minimum absolute atomic E-state index is 0.268. The number of rotatable bonds is 1. The first-order valence-corrected chi connectivity index (χ1v) is 2.83. The van der Waals surface area contributed by atoms with Crippen molar-refractivity contribution >= 4 is 6.01 Å². The van der Waals surface area contributed by atoms with Gasteiger partial charge in [-0.15, -0.1) is 0 Å². The number of nitriles is 1. The zero-order chi connectivity index (χ0) is 7.56. The van der Waals surface area contributed by atoms with E-state index in [0.717, 1.165) is 0 Å². The van der Waals surface area contributed by atoms with Crippen LogP contribution < -0.4 is 5.32 Å². The number of nitrogens with zero attached hydrogens (tertiary/aromatic N) is 2. The van der Waals surface area contributed by atoms with Crippen LogP contribution in [-0.4, -0.2) is 12.0 Å². The van der Waals surface area contributed by atoms with E-state index in [1.165, 1.54) is 0 Å². The van der Waals surface area contributed by atoms with Crippen LogP contribution in [0, 0.1) is 18.3 Å². The largest absolute Gasteiger partial charge is 0.412 e. The Morgan fingerprint density at radius 3 is 2.70 bits per heavy atom. The first-order valence-electron chi connectivity index (χ1n) is 2.83. The topological polar surface area (TPSA) is 61.9 Å². The summed E-state index contributed by atoms with van der Waals surface area (Å²) in [5.41, 5.74) is 0.617. The lowest BCUT2D eigenvalue weighted by Crippen LogP contribution is -1.85. The summed E-state index contributed by atoms with van der Waals surface area (Å²) in [6.45, 7) is 1.73. The van der Waals surface area contributed by atoms with Crippen molar-refractivity contribution in [1.29, 1.82) is 5.26 Å². The van der Waals surface area contributed by atoms with E-state index in [1.54, 1.807) is 14.0 Å². The molecule has 0 saturated carbocycles. The van der Waals surface area contributed by atoms with Gasteiger partial charge < -0.3 is 9.73 Å². The fourth-order valence-electron chi connectivity index (χ4n) is 0.607. The van der Waals surface area contributed by atoms with E-state index in [2.05, 4.69) is 10.3 Å². The highest BCUT2D eigenvalue weighted by Gasteiger charge is 2.05. The Labute approximate surface area is 58.5 Å². The Hall–Kier alpha value is -1.50. The summed E-state index contributed by atoms with van der Waals surface area (Å²) in [5.74, 6) is 0.268. The van der Waals surface area contributed by atoms with Gasteiger partial charge in [0.15, 0.2) is 0 Å². The van der Waals surface area contributed by atoms with Crippen molar-refractivity contribution in [2.24, 2.45) is 0 Å². The smallest absolute Gasteiger partial charge is 0.295 e. The molecule has 0 unspecified atom stereocenters. The lowest BCUT2D eigenvalue weighted by Gasteiger charge is -1.84. The third-order valence-corrected chi connectivity index (χ3v) is 1.11. The monoisotopic (exact) mass is 137 g/mol. The molecule has 0 aliphatic carbocycles. The molecule has 52 valence electrons. The molecule has 0 aliphatic heterocycles. The molecule has 10 heavy (non-hydrogen) atoms. The Balaban J connectivity index is 3.07. The van der Waals surface area contributed by atoms with Crippen LogP contribution in [0.1, 0.15) is 11.5 Å². The summed E-state index contributed by atoms with van der Waals surface area (Å²) >= 11 is 0. The van der Waals surface area contributed by atoms with Crippen LogP contribution in [0.25, 0.3) is 0 Å². The first-order chi connectivity index (χ1) is 4.77. The van der Waals surface area contributed by atoms with Gasteiger partial charge in [-0.3, -0.25) is 0 Å². The molecule has 1 rings (SSSR count). The Morgan fingerprint density at radius 1 is 1.70 bits per heavy atom. The summed E-state index contributed by atoms with van der Waals surface area (Å²) < 4.78 is 4.93. The fourth-order valence-corrected chi connectivity index (χ4v) is 0.607. The van der Waals surface area contributed by atoms with Gasteiger partial charge in [-0.05, 0) is 6.92 Å². The second-order valence-electron chi connectivity index (χ2n) is 1.80. The molecule has 0 bridgehead atoms. The summed E-state index contributed by atoms with van der Waals surface area (Å²) in [7, 11) is 1.69. The van der Waals surface area contributed by atoms with Crippen LogP contribution in [0.3, 0.4) is 0 Å². The summed E-state index contributed by atoms with van der Waals surface area (Å²) in [6, 6.07) is 2.26. The van der Waals surface area contributed by atoms with E-state index < -0.39 is 0 Å². The number of nitrogens with one attached hydrogen (secondary N) is 1. The van der Waals surface area contributed by atoms with Crippen molar-refractivity contribution in [3.05, 3.63) is 11.5 Å². The molecule has 0 radical (unpaired) electrons. The molecule has 0 spiro atoms. The average molecular weight is 137 g/mol. The molecule has 0 atom stereocenters. The number of hydrogen-bond acceptors (Lipinski definition) is 4. The quantitative estimate of drug-likeness (QED) is 0.624. The van der Waals surface area contributed by atoms with Crippen molar-refractivity contribution in [3.8, 4) is 6.07 Å². The van der Waals surface area contributed by atoms with Crippen molar-refractivity contribution in [2.75, 3.05) is 12.4 Å². The van der Waals surface area contributed by atoms with Crippen molar-refractivity contribution in [1.82, 2.24) is 4.98 Å². The molecule has 0 aromatic carbocycles. The normalized spacial score (nSPS) is 8.90. The lowest BCUT2D eigenvalue weighted by molar-refractivity contribution is 0.560. The van der Waals surface area contributed by atoms with Gasteiger partial charge in [0.1, 0.15) is 6.07 Å².